The Morgan fingerprint density at radius 1 is 0.971 bits per heavy atom. The van der Waals surface area contributed by atoms with Crippen LogP contribution in [0.5, 0.6) is 0 Å². The molecular weight excluding hydrogens is 504 g/mol. The molecule has 0 saturated carbocycles. The predicted octanol–water partition coefficient (Wildman–Crippen LogP) is 3.95. The minimum absolute atomic E-state index is 0.0553. The molecule has 1 N–H and O–H groups in total. The third-order valence-corrected chi connectivity index (χ3v) is 4.95. The number of carbonyl (C=O) groups is 1. The van der Waals surface area contributed by atoms with E-state index in [1.54, 1.807) is 0 Å². The number of nitrogens with zero attached hydrogens (tertiary/aromatic N) is 6. The number of halogens is 6. The Balaban J connectivity index is 1.93. The van der Waals surface area contributed by atoms with E-state index in [0.29, 0.717) is 12.1 Å². The number of carbonyl (C=O) groups excluding carboxylic acids is 1. The number of nitrogens with one attached hydrogen (secondary N) is 1. The lowest BCUT2D eigenvalue weighted by Crippen LogP contribution is -2.29. The fourth-order valence-corrected chi connectivity index (χ4v) is 3.43. The second-order valence-electron chi connectivity index (χ2n) is 7.53. The van der Waals surface area contributed by atoms with Crippen LogP contribution in [-0.2, 0) is 22.1 Å². The van der Waals surface area contributed by atoms with Crippen molar-refractivity contribution < 1.29 is 35.3 Å². The van der Waals surface area contributed by atoms with E-state index in [2.05, 4.69) is 29.7 Å². The smallest absolute Gasteiger partial charge is 0.342 e. The number of hydrogen-bond acceptors (Lipinski definition) is 7. The maximum atomic E-state index is 13.1. The molecule has 0 bridgehead atoms. The van der Waals surface area contributed by atoms with Gasteiger partial charge in [-0.3, -0.25) is 4.79 Å². The summed E-state index contributed by atoms with van der Waals surface area (Å²) in [5, 5.41) is 6.28. The van der Waals surface area contributed by atoms with Crippen LogP contribution < -0.4 is 5.32 Å². The Bertz CT molecular complexity index is 1340. The number of alkyl halides is 6. The summed E-state index contributed by atoms with van der Waals surface area (Å²) in [5.74, 6) is -0.945. The first-order chi connectivity index (χ1) is 16.0. The SMILES string of the molecule is C[C@H](NC(=O)c1cc(C(F)(F)F)cc(C(F)(F)F)c1)c1ncnn1-c1cc(N=S(C)(C)=O)ncn1. The second kappa shape index (κ2) is 9.24. The van der Waals surface area contributed by atoms with Gasteiger partial charge in [0.25, 0.3) is 5.91 Å². The highest BCUT2D eigenvalue weighted by Crippen LogP contribution is 2.36. The fraction of sp³-hybridized carbons (Fsp3) is 0.316. The van der Waals surface area contributed by atoms with Crippen LogP contribution in [0.2, 0.25) is 0 Å². The van der Waals surface area contributed by atoms with Gasteiger partial charge in [-0.15, -0.1) is 0 Å². The van der Waals surface area contributed by atoms with Crippen molar-refractivity contribution in [2.45, 2.75) is 25.3 Å². The summed E-state index contributed by atoms with van der Waals surface area (Å²) in [5.41, 5.74) is -4.07. The maximum absolute atomic E-state index is 13.1. The van der Waals surface area contributed by atoms with E-state index >= 15 is 0 Å². The first kappa shape index (κ1) is 26.1. The highest BCUT2D eigenvalue weighted by atomic mass is 32.2. The minimum Gasteiger partial charge on any atom is -0.342 e. The molecule has 0 spiro atoms. The molecule has 0 aliphatic heterocycles. The summed E-state index contributed by atoms with van der Waals surface area (Å²) in [6, 6.07) is 0.896. The Kier molecular flexibility index (Phi) is 6.88. The van der Waals surface area contributed by atoms with Crippen LogP contribution in [0.4, 0.5) is 32.2 Å². The minimum atomic E-state index is -5.10. The molecule has 2 heterocycles. The summed E-state index contributed by atoms with van der Waals surface area (Å²) in [4.78, 5) is 24.5. The molecule has 0 radical (unpaired) electrons. The molecule has 0 aliphatic rings. The zero-order valence-corrected chi connectivity index (χ0v) is 19.0. The lowest BCUT2D eigenvalue weighted by Gasteiger charge is -2.17. The van der Waals surface area contributed by atoms with Gasteiger partial charge < -0.3 is 5.32 Å². The van der Waals surface area contributed by atoms with E-state index < -0.39 is 50.7 Å². The van der Waals surface area contributed by atoms with Gasteiger partial charge in [0.15, 0.2) is 17.5 Å². The average molecular weight is 521 g/mol. The molecule has 3 rings (SSSR count). The molecule has 0 aliphatic carbocycles. The Labute approximate surface area is 194 Å². The van der Waals surface area contributed by atoms with Crippen molar-refractivity contribution in [1.82, 2.24) is 30.0 Å². The van der Waals surface area contributed by atoms with Gasteiger partial charge in [0, 0.05) is 33.9 Å². The number of aromatic nitrogens is 5. The Hall–Kier alpha value is -3.56. The van der Waals surface area contributed by atoms with Gasteiger partial charge in [-0.2, -0.15) is 40.5 Å². The monoisotopic (exact) mass is 521 g/mol. The molecule has 35 heavy (non-hydrogen) atoms. The second-order valence-corrected chi connectivity index (χ2v) is 10.1. The fourth-order valence-electron chi connectivity index (χ4n) is 2.88. The summed E-state index contributed by atoms with van der Waals surface area (Å²) >= 11 is 0. The first-order valence-corrected chi connectivity index (χ1v) is 11.9. The average Bonchev–Trinajstić information content (AvgIpc) is 3.21. The lowest BCUT2D eigenvalue weighted by molar-refractivity contribution is -0.143. The van der Waals surface area contributed by atoms with Crippen LogP contribution >= 0.6 is 0 Å². The van der Waals surface area contributed by atoms with Crippen LogP contribution in [0, 0.1) is 0 Å². The molecule has 9 nitrogen and oxygen atoms in total. The normalized spacial score (nSPS) is 13.4. The third-order valence-electron chi connectivity index (χ3n) is 4.33. The molecule has 0 fully saturated rings. The first-order valence-electron chi connectivity index (χ1n) is 9.54. The van der Waals surface area contributed by atoms with Crippen molar-refractivity contribution in [1.29, 1.82) is 0 Å². The van der Waals surface area contributed by atoms with E-state index in [1.807, 2.05) is 0 Å². The number of amides is 1. The Morgan fingerprint density at radius 2 is 1.57 bits per heavy atom. The lowest BCUT2D eigenvalue weighted by atomic mass is 10.0. The van der Waals surface area contributed by atoms with Crippen LogP contribution in [0.1, 0.15) is 40.3 Å². The molecule has 3 aromatic rings. The van der Waals surface area contributed by atoms with Crippen LogP contribution in [0.25, 0.3) is 5.82 Å². The van der Waals surface area contributed by atoms with Crippen molar-refractivity contribution in [3.63, 3.8) is 0 Å². The summed E-state index contributed by atoms with van der Waals surface area (Å²) < 4.78 is 95.6. The molecule has 2 aromatic heterocycles. The largest absolute Gasteiger partial charge is 0.416 e. The van der Waals surface area contributed by atoms with Gasteiger partial charge in [-0.1, -0.05) is 0 Å². The van der Waals surface area contributed by atoms with Crippen LogP contribution in [0.15, 0.2) is 41.3 Å². The number of rotatable bonds is 5. The zero-order valence-electron chi connectivity index (χ0n) is 18.2. The van der Waals surface area contributed by atoms with Gasteiger partial charge in [0.2, 0.25) is 0 Å². The van der Waals surface area contributed by atoms with Crippen molar-refractivity contribution in [2.75, 3.05) is 12.5 Å². The topological polar surface area (TPSA) is 115 Å². The summed E-state index contributed by atoms with van der Waals surface area (Å²) in [6.07, 6.45) is -5.19. The van der Waals surface area contributed by atoms with Crippen molar-refractivity contribution in [2.24, 2.45) is 4.36 Å². The molecule has 0 unspecified atom stereocenters. The van der Waals surface area contributed by atoms with Crippen molar-refractivity contribution in [3.8, 4) is 5.82 Å². The Morgan fingerprint density at radius 3 is 2.11 bits per heavy atom. The van der Waals surface area contributed by atoms with Crippen molar-refractivity contribution >= 4 is 21.5 Å². The van der Waals surface area contributed by atoms with E-state index in [9.17, 15) is 35.3 Å². The van der Waals surface area contributed by atoms with E-state index in [1.165, 1.54) is 25.5 Å². The molecule has 0 saturated heterocycles. The van der Waals surface area contributed by atoms with E-state index in [-0.39, 0.29) is 23.5 Å². The summed E-state index contributed by atoms with van der Waals surface area (Å²) in [7, 11) is -2.54. The van der Waals surface area contributed by atoms with E-state index in [4.69, 9.17) is 0 Å². The molecule has 1 atom stereocenters. The molecule has 1 aromatic carbocycles. The molecule has 188 valence electrons. The van der Waals surface area contributed by atoms with Crippen LogP contribution in [0.3, 0.4) is 0 Å². The van der Waals surface area contributed by atoms with Crippen LogP contribution in [-0.4, -0.2) is 47.4 Å². The summed E-state index contributed by atoms with van der Waals surface area (Å²) in [6.45, 7) is 1.40. The number of hydrogen-bond donors (Lipinski definition) is 1. The predicted molar refractivity (Wildman–Crippen MR) is 111 cm³/mol. The van der Waals surface area contributed by atoms with Crippen molar-refractivity contribution in [3.05, 3.63) is 59.4 Å². The maximum Gasteiger partial charge on any atom is 0.416 e. The zero-order chi connectivity index (χ0) is 26.2. The van der Waals surface area contributed by atoms with E-state index in [0.717, 1.165) is 17.3 Å². The van der Waals surface area contributed by atoms with Gasteiger partial charge in [0.1, 0.15) is 12.7 Å². The number of benzene rings is 1. The quantitative estimate of drug-likeness (QED) is 0.509. The highest BCUT2D eigenvalue weighted by Gasteiger charge is 2.37. The van der Waals surface area contributed by atoms with Gasteiger partial charge in [-0.25, -0.2) is 19.2 Å². The molecular formula is C19H17F6N7O2S. The molecule has 1 amide bonds. The standard InChI is InChI=1S/C19H17F6N7O2S/c1-10(16-28-9-29-32(16)15-7-14(26-8-27-15)31-35(2,3)34)30-17(33)11-4-12(18(20,21)22)6-13(5-11)19(23,24)25/h4-10H,1-3H3,(H,30,33)/t10-/m0/s1. The van der Waals surface area contributed by atoms with Gasteiger partial charge in [0.05, 0.1) is 17.2 Å². The van der Waals surface area contributed by atoms with Gasteiger partial charge >= 0.3 is 12.4 Å². The third kappa shape index (κ3) is 6.52. The molecule has 16 heteroatoms. The van der Waals surface area contributed by atoms with Gasteiger partial charge in [-0.05, 0) is 25.1 Å². The highest BCUT2D eigenvalue weighted by molar-refractivity contribution is 7.92.